The van der Waals surface area contributed by atoms with Gasteiger partial charge in [0.25, 0.3) is 0 Å². The quantitative estimate of drug-likeness (QED) is 0.856. The molecule has 0 radical (unpaired) electrons. The second-order valence-electron chi connectivity index (χ2n) is 3.66. The maximum atomic E-state index is 11.2. The Morgan fingerprint density at radius 2 is 2.19 bits per heavy atom. The van der Waals surface area contributed by atoms with Crippen molar-refractivity contribution in [3.8, 4) is 0 Å². The van der Waals surface area contributed by atoms with Crippen molar-refractivity contribution in [3.63, 3.8) is 0 Å². The summed E-state index contributed by atoms with van der Waals surface area (Å²) in [5.74, 6) is 1.58. The standard InChI is InChI=1S/C9H16N4OS2/c1-2-10-9-12-11-8(15-9)7-13-3-5-16(14)6-4-13/h2-7H2,1H3,(H,10,12). The third-order valence-electron chi connectivity index (χ3n) is 2.42. The lowest BCUT2D eigenvalue weighted by Gasteiger charge is -2.24. The average Bonchev–Trinajstić information content (AvgIpc) is 2.70. The highest BCUT2D eigenvalue weighted by molar-refractivity contribution is 7.85. The first-order valence-corrected chi connectivity index (χ1v) is 7.72. The van der Waals surface area contributed by atoms with E-state index in [4.69, 9.17) is 0 Å². The van der Waals surface area contributed by atoms with E-state index in [2.05, 4.69) is 20.4 Å². The second-order valence-corrected chi connectivity index (χ2v) is 6.41. The number of nitrogens with one attached hydrogen (secondary N) is 1. The fourth-order valence-corrected chi connectivity index (χ4v) is 3.54. The first kappa shape index (κ1) is 11.9. The van der Waals surface area contributed by atoms with Crippen LogP contribution >= 0.6 is 11.3 Å². The van der Waals surface area contributed by atoms with Gasteiger partial charge in [-0.15, -0.1) is 10.2 Å². The van der Waals surface area contributed by atoms with E-state index in [9.17, 15) is 4.21 Å². The molecule has 90 valence electrons. The molecule has 1 N–H and O–H groups in total. The molecule has 2 heterocycles. The number of aromatic nitrogens is 2. The van der Waals surface area contributed by atoms with Gasteiger partial charge in [0.05, 0.1) is 6.54 Å². The Kier molecular flexibility index (Phi) is 4.25. The van der Waals surface area contributed by atoms with Crippen LogP contribution in [0.4, 0.5) is 5.13 Å². The van der Waals surface area contributed by atoms with E-state index in [0.29, 0.717) is 0 Å². The van der Waals surface area contributed by atoms with Gasteiger partial charge in [-0.3, -0.25) is 9.11 Å². The monoisotopic (exact) mass is 260 g/mol. The number of hydrogen-bond acceptors (Lipinski definition) is 6. The molecule has 1 saturated heterocycles. The van der Waals surface area contributed by atoms with Gasteiger partial charge in [0, 0.05) is 41.9 Å². The SMILES string of the molecule is CCNc1nnc(CN2CCS(=O)CC2)s1. The van der Waals surface area contributed by atoms with Gasteiger partial charge < -0.3 is 5.32 Å². The van der Waals surface area contributed by atoms with Crippen LogP contribution in [0.25, 0.3) is 0 Å². The molecule has 1 aliphatic heterocycles. The van der Waals surface area contributed by atoms with Gasteiger partial charge in [0.2, 0.25) is 5.13 Å². The van der Waals surface area contributed by atoms with E-state index < -0.39 is 10.8 Å². The van der Waals surface area contributed by atoms with Crippen molar-refractivity contribution in [2.24, 2.45) is 0 Å². The van der Waals surface area contributed by atoms with Crippen molar-refractivity contribution in [1.82, 2.24) is 15.1 Å². The summed E-state index contributed by atoms with van der Waals surface area (Å²) in [6.45, 7) is 5.56. The molecular weight excluding hydrogens is 244 g/mol. The number of rotatable bonds is 4. The average molecular weight is 260 g/mol. The summed E-state index contributed by atoms with van der Waals surface area (Å²) in [4.78, 5) is 2.29. The van der Waals surface area contributed by atoms with Crippen molar-refractivity contribution < 1.29 is 4.21 Å². The zero-order valence-corrected chi connectivity index (χ0v) is 10.9. The molecule has 7 heteroatoms. The largest absolute Gasteiger partial charge is 0.360 e. The Balaban J connectivity index is 1.86. The fraction of sp³-hybridized carbons (Fsp3) is 0.778. The van der Waals surface area contributed by atoms with Gasteiger partial charge in [-0.05, 0) is 6.92 Å². The summed E-state index contributed by atoms with van der Waals surface area (Å²) in [5, 5.41) is 13.3. The maximum Gasteiger partial charge on any atom is 0.205 e. The molecule has 0 atom stereocenters. The first-order valence-electron chi connectivity index (χ1n) is 5.41. The van der Waals surface area contributed by atoms with Crippen LogP contribution in [-0.4, -0.2) is 50.4 Å². The topological polar surface area (TPSA) is 58.1 Å². The second kappa shape index (κ2) is 5.70. The number of nitrogens with zero attached hydrogens (tertiary/aromatic N) is 3. The Bertz CT molecular complexity index is 358. The number of hydrogen-bond donors (Lipinski definition) is 1. The molecule has 1 aliphatic rings. The van der Waals surface area contributed by atoms with Crippen molar-refractivity contribution in [3.05, 3.63) is 5.01 Å². The van der Waals surface area contributed by atoms with Crippen molar-refractivity contribution in [1.29, 1.82) is 0 Å². The lowest BCUT2D eigenvalue weighted by atomic mass is 10.5. The molecule has 5 nitrogen and oxygen atoms in total. The predicted molar refractivity (Wildman–Crippen MR) is 67.2 cm³/mol. The minimum atomic E-state index is -0.603. The van der Waals surface area contributed by atoms with Gasteiger partial charge in [-0.1, -0.05) is 11.3 Å². The van der Waals surface area contributed by atoms with Crippen LogP contribution in [0.15, 0.2) is 0 Å². The highest BCUT2D eigenvalue weighted by atomic mass is 32.2. The summed E-state index contributed by atoms with van der Waals surface area (Å²) in [6.07, 6.45) is 0. The summed E-state index contributed by atoms with van der Waals surface area (Å²) in [5.41, 5.74) is 0. The molecule has 0 unspecified atom stereocenters. The molecule has 1 aromatic rings. The summed E-state index contributed by atoms with van der Waals surface area (Å²) in [7, 11) is -0.603. The highest BCUT2D eigenvalue weighted by Crippen LogP contribution is 2.17. The number of anilines is 1. The van der Waals surface area contributed by atoms with Gasteiger partial charge in [-0.2, -0.15) is 0 Å². The first-order chi connectivity index (χ1) is 7.78. The normalized spacial score (nSPS) is 18.8. The Hall–Kier alpha value is -0.530. The van der Waals surface area contributed by atoms with E-state index >= 15 is 0 Å². The van der Waals surface area contributed by atoms with E-state index in [-0.39, 0.29) is 0 Å². The van der Waals surface area contributed by atoms with Crippen molar-refractivity contribution in [2.75, 3.05) is 36.5 Å². The molecular formula is C9H16N4OS2. The molecule has 2 rings (SSSR count). The highest BCUT2D eigenvalue weighted by Gasteiger charge is 2.16. The Morgan fingerprint density at radius 1 is 1.44 bits per heavy atom. The Morgan fingerprint density at radius 3 is 2.88 bits per heavy atom. The van der Waals surface area contributed by atoms with Crippen LogP contribution in [0.1, 0.15) is 11.9 Å². The van der Waals surface area contributed by atoms with Crippen LogP contribution in [0.2, 0.25) is 0 Å². The van der Waals surface area contributed by atoms with E-state index in [1.54, 1.807) is 11.3 Å². The van der Waals surface area contributed by atoms with Gasteiger partial charge >= 0.3 is 0 Å². The van der Waals surface area contributed by atoms with Crippen LogP contribution in [0.3, 0.4) is 0 Å². The fourth-order valence-electron chi connectivity index (χ4n) is 1.57. The lowest BCUT2D eigenvalue weighted by Crippen LogP contribution is -2.37. The van der Waals surface area contributed by atoms with E-state index in [0.717, 1.165) is 47.8 Å². The Labute approximate surface area is 102 Å². The van der Waals surface area contributed by atoms with Crippen LogP contribution in [0, 0.1) is 0 Å². The summed E-state index contributed by atoms with van der Waals surface area (Å²) in [6, 6.07) is 0. The zero-order chi connectivity index (χ0) is 11.4. The van der Waals surface area contributed by atoms with Crippen molar-refractivity contribution in [2.45, 2.75) is 13.5 Å². The van der Waals surface area contributed by atoms with Crippen molar-refractivity contribution >= 4 is 27.3 Å². The molecule has 16 heavy (non-hydrogen) atoms. The molecule has 0 aromatic carbocycles. The lowest BCUT2D eigenvalue weighted by molar-refractivity contribution is 0.290. The maximum absolute atomic E-state index is 11.2. The molecule has 0 aliphatic carbocycles. The molecule has 1 aromatic heterocycles. The molecule has 0 amide bonds. The van der Waals surface area contributed by atoms with E-state index in [1.165, 1.54) is 0 Å². The van der Waals surface area contributed by atoms with E-state index in [1.807, 2.05) is 6.92 Å². The smallest absolute Gasteiger partial charge is 0.205 e. The van der Waals surface area contributed by atoms with Gasteiger partial charge in [0.15, 0.2) is 0 Å². The third-order valence-corrected chi connectivity index (χ3v) is 4.57. The third kappa shape index (κ3) is 3.23. The molecule has 0 bridgehead atoms. The van der Waals surface area contributed by atoms with Crippen LogP contribution in [-0.2, 0) is 17.3 Å². The molecule has 0 saturated carbocycles. The predicted octanol–water partition coefficient (Wildman–Crippen LogP) is 0.534. The summed E-state index contributed by atoms with van der Waals surface area (Å²) < 4.78 is 11.2. The molecule has 0 spiro atoms. The summed E-state index contributed by atoms with van der Waals surface area (Å²) >= 11 is 1.60. The zero-order valence-electron chi connectivity index (χ0n) is 9.31. The minimum Gasteiger partial charge on any atom is -0.360 e. The van der Waals surface area contributed by atoms with Gasteiger partial charge in [0.1, 0.15) is 5.01 Å². The molecule has 1 fully saturated rings. The van der Waals surface area contributed by atoms with Crippen LogP contribution in [0.5, 0.6) is 0 Å². The van der Waals surface area contributed by atoms with Gasteiger partial charge in [-0.25, -0.2) is 0 Å². The van der Waals surface area contributed by atoms with Crippen LogP contribution < -0.4 is 5.32 Å². The minimum absolute atomic E-state index is 0.603.